The van der Waals surface area contributed by atoms with Gasteiger partial charge in [0.05, 0.1) is 18.1 Å². The Kier molecular flexibility index (Phi) is 22.4. The fourth-order valence-corrected chi connectivity index (χ4v) is 10.8. The van der Waals surface area contributed by atoms with Gasteiger partial charge in [0.25, 0.3) is 0 Å². The number of nitrogens with zero attached hydrogens (tertiary/aromatic N) is 1. The van der Waals surface area contributed by atoms with E-state index in [1.54, 1.807) is 59.5 Å². The zero-order chi connectivity index (χ0) is 61.8. The van der Waals surface area contributed by atoms with Gasteiger partial charge in [0.2, 0.25) is 5.91 Å². The van der Waals surface area contributed by atoms with E-state index < -0.39 is 62.1 Å². The number of halogens is 1. The van der Waals surface area contributed by atoms with Crippen LogP contribution in [-0.2, 0) is 73.8 Å². The summed E-state index contributed by atoms with van der Waals surface area (Å²) in [6.45, 7) is 14.7. The minimum absolute atomic E-state index is 0.0285. The van der Waals surface area contributed by atoms with Crippen LogP contribution in [0.1, 0.15) is 103 Å². The Morgan fingerprint density at radius 2 is 1.02 bits per heavy atom. The number of β-lactam (4-membered cyclic amide) rings is 1. The third kappa shape index (κ3) is 17.9. The van der Waals surface area contributed by atoms with Crippen molar-refractivity contribution in [3.63, 3.8) is 0 Å². The minimum Gasteiger partial charge on any atom is -0.489 e. The minimum atomic E-state index is -2.40. The van der Waals surface area contributed by atoms with E-state index >= 15 is 0 Å². The van der Waals surface area contributed by atoms with E-state index in [2.05, 4.69) is 64.1 Å². The van der Waals surface area contributed by atoms with Gasteiger partial charge in [-0.1, -0.05) is 197 Å². The van der Waals surface area contributed by atoms with Crippen LogP contribution in [-0.4, -0.2) is 44.7 Å². The molecule has 1 fully saturated rings. The van der Waals surface area contributed by atoms with E-state index in [0.717, 1.165) is 27.8 Å². The topological polar surface area (TPSA) is 144 Å². The predicted molar refractivity (Wildman–Crippen MR) is 334 cm³/mol. The number of anilines is 1. The summed E-state index contributed by atoms with van der Waals surface area (Å²) >= 11 is 0. The molecular formula is C73H72FNO11Si. The van der Waals surface area contributed by atoms with Crippen LogP contribution in [0.4, 0.5) is 10.1 Å². The molecule has 7 aromatic rings. The molecule has 1 heterocycles. The summed E-state index contributed by atoms with van der Waals surface area (Å²) in [6.07, 6.45) is 1.65. The van der Waals surface area contributed by atoms with Crippen LogP contribution in [0.15, 0.2) is 201 Å². The molecule has 0 N–H and O–H groups in total. The van der Waals surface area contributed by atoms with E-state index in [-0.39, 0.29) is 62.6 Å². The van der Waals surface area contributed by atoms with E-state index in [1.165, 1.54) is 12.1 Å². The quantitative estimate of drug-likeness (QED) is 0.0103. The first kappa shape index (κ1) is 63.7. The fraction of sp³-hybridized carbons (Fsp3) is 0.274. The third-order valence-corrected chi connectivity index (χ3v) is 19.9. The normalized spacial score (nSPS) is 14.1. The van der Waals surface area contributed by atoms with Crippen LogP contribution in [0.3, 0.4) is 0 Å². The van der Waals surface area contributed by atoms with Crippen molar-refractivity contribution < 1.29 is 56.5 Å². The molecule has 0 aliphatic carbocycles. The number of hydrogen-bond donors (Lipinski definition) is 0. The second-order valence-corrected chi connectivity index (χ2v) is 27.4. The van der Waals surface area contributed by atoms with Gasteiger partial charge in [0, 0.05) is 35.2 Å². The van der Waals surface area contributed by atoms with Gasteiger partial charge in [0.1, 0.15) is 44.6 Å². The maximum Gasteiger partial charge on any atom is 0.321 e. The summed E-state index contributed by atoms with van der Waals surface area (Å²) in [5.74, 6) is 5.89. The molecule has 0 spiro atoms. The molecule has 0 unspecified atom stereocenters. The Labute approximate surface area is 510 Å². The molecule has 14 heteroatoms. The van der Waals surface area contributed by atoms with Crippen LogP contribution in [0.2, 0.25) is 18.1 Å². The molecule has 0 bridgehead atoms. The largest absolute Gasteiger partial charge is 0.489 e. The van der Waals surface area contributed by atoms with Gasteiger partial charge in [-0.25, -0.2) is 4.39 Å². The molecule has 0 aromatic heterocycles. The van der Waals surface area contributed by atoms with Gasteiger partial charge in [-0.15, -0.1) is 0 Å². The van der Waals surface area contributed by atoms with Crippen molar-refractivity contribution in [1.82, 2.24) is 0 Å². The Balaban J connectivity index is 1.07. The van der Waals surface area contributed by atoms with Crippen molar-refractivity contribution in [2.45, 2.75) is 103 Å². The molecule has 7 aromatic carbocycles. The number of hydrogen-bond acceptors (Lipinski definition) is 11. The van der Waals surface area contributed by atoms with Gasteiger partial charge < -0.3 is 33.0 Å². The lowest BCUT2D eigenvalue weighted by atomic mass is 9.77. The SMILES string of the molecule is C=CCOc1cc(C#CCC(C(=O)OCc2ccccc2)C(=O)OCc2ccccc2)ccc1[C@@H]1[C@@H](CC[C@H](O[Si](C)(C)C(C)(C)C)c2ccc(F)cc2)C(=O)N1c1ccc(C#CCC(C(=O)OCc2ccccc2)C(=O)OCc2ccccc2)cc1. The summed E-state index contributed by atoms with van der Waals surface area (Å²) < 4.78 is 50.2. The lowest BCUT2D eigenvalue weighted by Gasteiger charge is -2.48. The highest BCUT2D eigenvalue weighted by atomic mass is 28.4. The van der Waals surface area contributed by atoms with Crippen LogP contribution >= 0.6 is 0 Å². The Bertz CT molecular complexity index is 3480. The van der Waals surface area contributed by atoms with Crippen molar-refractivity contribution in [2.24, 2.45) is 17.8 Å². The number of rotatable bonds is 25. The molecule has 12 nitrogen and oxygen atoms in total. The lowest BCUT2D eigenvalue weighted by molar-refractivity contribution is -0.165. The third-order valence-electron chi connectivity index (χ3n) is 15.4. The molecule has 446 valence electrons. The molecule has 1 aliphatic heterocycles. The van der Waals surface area contributed by atoms with Crippen LogP contribution in [0.25, 0.3) is 0 Å². The average Bonchev–Trinajstić information content (AvgIpc) is 0.817. The highest BCUT2D eigenvalue weighted by Crippen LogP contribution is 2.50. The Morgan fingerprint density at radius 1 is 0.598 bits per heavy atom. The zero-order valence-electron chi connectivity index (χ0n) is 49.7. The monoisotopic (exact) mass is 1190 g/mol. The van der Waals surface area contributed by atoms with Crippen molar-refractivity contribution in [1.29, 1.82) is 0 Å². The predicted octanol–water partition coefficient (Wildman–Crippen LogP) is 14.3. The van der Waals surface area contributed by atoms with Gasteiger partial charge in [-0.3, -0.25) is 24.0 Å². The summed E-state index contributed by atoms with van der Waals surface area (Å²) in [5.41, 5.74) is 6.19. The van der Waals surface area contributed by atoms with Crippen LogP contribution in [0, 0.1) is 47.3 Å². The van der Waals surface area contributed by atoms with Crippen molar-refractivity contribution in [3.8, 4) is 29.4 Å². The first-order valence-electron chi connectivity index (χ1n) is 29.0. The highest BCUT2D eigenvalue weighted by Gasteiger charge is 2.50. The Hall–Kier alpha value is -9.34. The number of esters is 4. The van der Waals surface area contributed by atoms with Crippen LogP contribution < -0.4 is 9.64 Å². The summed E-state index contributed by atoms with van der Waals surface area (Å²) in [6, 6.07) is 54.9. The first-order valence-corrected chi connectivity index (χ1v) is 31.9. The van der Waals surface area contributed by atoms with Crippen molar-refractivity contribution in [2.75, 3.05) is 11.5 Å². The second-order valence-electron chi connectivity index (χ2n) is 22.6. The standard InChI is InChI=1S/C73H72FNO11Si/c1-7-46-81-66-47-53(31-21-33-64(71(79)84-50-56-26-16-10-17-27-56)72(80)85-51-57-28-18-11-19-29-57)36-43-61(66)67-62(44-45-65(58-37-39-59(74)40-38-58)86-87(5,6)73(2,3)4)68(76)75(67)60-41-34-52(35-42-60)30-20-32-63(69(77)82-48-54-22-12-8-13-23-54)70(78)83-49-55-24-14-9-15-25-55/h7-19,22-29,34-43,47,62-65,67H,1,32-33,44-46,48-51H2,2-6H3/t62-,65+,67-/m1/s1. The molecule has 1 saturated heterocycles. The highest BCUT2D eigenvalue weighted by molar-refractivity contribution is 6.74. The van der Waals surface area contributed by atoms with E-state index in [4.69, 9.17) is 28.1 Å². The fourth-order valence-electron chi connectivity index (χ4n) is 9.50. The number of carbonyl (C=O) groups is 5. The molecule has 1 aliphatic rings. The molecule has 3 atom stereocenters. The first-order chi connectivity index (χ1) is 42.0. The van der Waals surface area contributed by atoms with Gasteiger partial charge in [0.15, 0.2) is 20.2 Å². The molecule has 8 rings (SSSR count). The number of carbonyl (C=O) groups excluding carboxylic acids is 5. The summed E-state index contributed by atoms with van der Waals surface area (Å²) in [4.78, 5) is 70.7. The molecule has 87 heavy (non-hydrogen) atoms. The summed E-state index contributed by atoms with van der Waals surface area (Å²) in [5, 5.41) is -0.141. The molecular weight excluding hydrogens is 1110 g/mol. The van der Waals surface area contributed by atoms with E-state index in [0.29, 0.717) is 41.0 Å². The lowest BCUT2D eigenvalue weighted by Crippen LogP contribution is -2.55. The van der Waals surface area contributed by atoms with Gasteiger partial charge in [-0.2, -0.15) is 0 Å². The maximum absolute atomic E-state index is 14.9. The van der Waals surface area contributed by atoms with E-state index in [9.17, 15) is 28.4 Å². The molecule has 1 amide bonds. The van der Waals surface area contributed by atoms with Crippen molar-refractivity contribution in [3.05, 3.63) is 251 Å². The maximum atomic E-state index is 14.9. The summed E-state index contributed by atoms with van der Waals surface area (Å²) in [7, 11) is -2.40. The number of amides is 1. The second kappa shape index (κ2) is 30.6. The van der Waals surface area contributed by atoms with E-state index in [1.807, 2.05) is 127 Å². The number of ether oxygens (including phenoxy) is 5. The van der Waals surface area contributed by atoms with Gasteiger partial charge >= 0.3 is 23.9 Å². The van der Waals surface area contributed by atoms with Gasteiger partial charge in [-0.05, 0) is 107 Å². The number of benzene rings is 7. The van der Waals surface area contributed by atoms with Crippen molar-refractivity contribution >= 4 is 43.8 Å². The van der Waals surface area contributed by atoms with Crippen LogP contribution in [0.5, 0.6) is 5.75 Å². The smallest absolute Gasteiger partial charge is 0.321 e. The average molecular weight is 1190 g/mol. The zero-order valence-corrected chi connectivity index (χ0v) is 50.7. The molecule has 0 radical (unpaired) electrons. The Morgan fingerprint density at radius 3 is 1.45 bits per heavy atom. The molecule has 0 saturated carbocycles.